The summed E-state index contributed by atoms with van der Waals surface area (Å²) in [5, 5.41) is 6.42. The van der Waals surface area contributed by atoms with Gasteiger partial charge in [0.2, 0.25) is 5.91 Å². The van der Waals surface area contributed by atoms with Crippen molar-refractivity contribution in [2.24, 2.45) is 0 Å². The van der Waals surface area contributed by atoms with Gasteiger partial charge in [-0.05, 0) is 18.2 Å². The lowest BCUT2D eigenvalue weighted by molar-refractivity contribution is -0.274. The molecule has 0 saturated carbocycles. The second-order valence-corrected chi connectivity index (χ2v) is 4.04. The van der Waals surface area contributed by atoms with Gasteiger partial charge in [-0.1, -0.05) is 0 Å². The minimum Gasteiger partial charge on any atom is -0.406 e. The van der Waals surface area contributed by atoms with Crippen molar-refractivity contribution in [1.29, 1.82) is 0 Å². The lowest BCUT2D eigenvalue weighted by Crippen LogP contribution is -2.17. The van der Waals surface area contributed by atoms with E-state index in [9.17, 15) is 18.0 Å². The molecule has 0 fully saturated rings. The van der Waals surface area contributed by atoms with Crippen LogP contribution in [0.2, 0.25) is 0 Å². The Bertz CT molecular complexity index is 681. The molecule has 1 aromatic carbocycles. The van der Waals surface area contributed by atoms with Crippen LogP contribution in [0.5, 0.6) is 5.75 Å². The first-order valence-corrected chi connectivity index (χ1v) is 5.50. The maximum atomic E-state index is 12.2. The van der Waals surface area contributed by atoms with Gasteiger partial charge >= 0.3 is 6.36 Å². The Hall–Kier alpha value is -2.58. The van der Waals surface area contributed by atoms with Gasteiger partial charge < -0.3 is 10.1 Å². The predicted octanol–water partition coefficient (Wildman–Crippen LogP) is 1.80. The van der Waals surface area contributed by atoms with Crippen LogP contribution in [0.15, 0.2) is 24.5 Å². The molecule has 1 amide bonds. The molecule has 1 aliphatic rings. The lowest BCUT2D eigenvalue weighted by atomic mass is 10.1. The number of fused-ring (bicyclic) bond motifs is 3. The zero-order chi connectivity index (χ0) is 14.3. The van der Waals surface area contributed by atoms with Crippen LogP contribution in [-0.2, 0) is 11.3 Å². The molecule has 3 rings (SSSR count). The van der Waals surface area contributed by atoms with Gasteiger partial charge in [0, 0.05) is 5.56 Å². The fraction of sp³-hybridized carbons (Fsp3) is 0.182. The fourth-order valence-electron chi connectivity index (χ4n) is 1.93. The maximum Gasteiger partial charge on any atom is 0.573 e. The highest BCUT2D eigenvalue weighted by atomic mass is 19.4. The quantitative estimate of drug-likeness (QED) is 0.867. The van der Waals surface area contributed by atoms with Crippen LogP contribution >= 0.6 is 0 Å². The number of carbonyl (C=O) groups is 1. The number of aromatic nitrogens is 3. The molecule has 2 aromatic rings. The van der Waals surface area contributed by atoms with Crippen molar-refractivity contribution in [2.45, 2.75) is 12.9 Å². The second-order valence-electron chi connectivity index (χ2n) is 4.04. The molecule has 0 atom stereocenters. The summed E-state index contributed by atoms with van der Waals surface area (Å²) >= 11 is 0. The third kappa shape index (κ3) is 2.29. The van der Waals surface area contributed by atoms with Crippen LogP contribution in [0.4, 0.5) is 18.9 Å². The number of carbonyl (C=O) groups excluding carboxylic acids is 1. The van der Waals surface area contributed by atoms with Crippen molar-refractivity contribution in [1.82, 2.24) is 14.8 Å². The standard InChI is InChI=1S/C11H7F3N4O2/c12-11(13,14)20-6-1-2-8-7(3-6)10-15-5-16-18(10)4-9(19)17-8/h1-3,5H,4H2,(H,17,19). The number of anilines is 1. The highest BCUT2D eigenvalue weighted by molar-refractivity contribution is 5.96. The second kappa shape index (κ2) is 4.22. The van der Waals surface area contributed by atoms with Crippen LogP contribution in [0.1, 0.15) is 0 Å². The van der Waals surface area contributed by atoms with E-state index in [2.05, 4.69) is 20.1 Å². The van der Waals surface area contributed by atoms with E-state index < -0.39 is 6.36 Å². The van der Waals surface area contributed by atoms with Crippen LogP contribution in [-0.4, -0.2) is 27.0 Å². The average Bonchev–Trinajstić information content (AvgIpc) is 2.72. The molecule has 0 saturated heterocycles. The molecule has 6 nitrogen and oxygen atoms in total. The topological polar surface area (TPSA) is 69.0 Å². The number of amides is 1. The van der Waals surface area contributed by atoms with Crippen molar-refractivity contribution in [3.8, 4) is 17.1 Å². The molecule has 104 valence electrons. The van der Waals surface area contributed by atoms with Gasteiger partial charge in [0.1, 0.15) is 18.6 Å². The zero-order valence-electron chi connectivity index (χ0n) is 9.81. The van der Waals surface area contributed by atoms with E-state index in [4.69, 9.17) is 0 Å². The number of alkyl halides is 3. The molecule has 0 unspecified atom stereocenters. The molecule has 1 aromatic heterocycles. The average molecular weight is 284 g/mol. The monoisotopic (exact) mass is 284 g/mol. The highest BCUT2D eigenvalue weighted by Crippen LogP contribution is 2.34. The Morgan fingerprint density at radius 1 is 1.35 bits per heavy atom. The Morgan fingerprint density at radius 2 is 2.15 bits per heavy atom. The molecular formula is C11H7F3N4O2. The molecule has 20 heavy (non-hydrogen) atoms. The third-order valence-electron chi connectivity index (χ3n) is 2.65. The summed E-state index contributed by atoms with van der Waals surface area (Å²) in [4.78, 5) is 15.6. The number of hydrogen-bond acceptors (Lipinski definition) is 4. The summed E-state index contributed by atoms with van der Waals surface area (Å²) in [5.41, 5.74) is 0.673. The molecule has 9 heteroatoms. The number of halogens is 3. The third-order valence-corrected chi connectivity index (χ3v) is 2.65. The molecular weight excluding hydrogens is 277 g/mol. The van der Waals surface area contributed by atoms with E-state index in [-0.39, 0.29) is 18.2 Å². The Balaban J connectivity index is 2.09. The minimum absolute atomic E-state index is 0.0561. The minimum atomic E-state index is -4.78. The van der Waals surface area contributed by atoms with E-state index in [0.717, 1.165) is 12.1 Å². The van der Waals surface area contributed by atoms with E-state index in [1.165, 1.54) is 17.1 Å². The molecule has 0 bridgehead atoms. The van der Waals surface area contributed by atoms with Crippen LogP contribution in [0.3, 0.4) is 0 Å². The summed E-state index contributed by atoms with van der Waals surface area (Å²) < 4.78 is 41.8. The number of nitrogens with one attached hydrogen (secondary N) is 1. The first kappa shape index (κ1) is 12.5. The maximum absolute atomic E-state index is 12.2. The highest BCUT2D eigenvalue weighted by Gasteiger charge is 2.32. The van der Waals surface area contributed by atoms with Gasteiger partial charge in [0.15, 0.2) is 5.82 Å². The van der Waals surface area contributed by atoms with Gasteiger partial charge in [0.25, 0.3) is 0 Å². The zero-order valence-corrected chi connectivity index (χ0v) is 9.81. The molecule has 1 aliphatic heterocycles. The van der Waals surface area contributed by atoms with E-state index in [0.29, 0.717) is 17.1 Å². The smallest absolute Gasteiger partial charge is 0.406 e. The Labute approximate surface area is 110 Å². The molecule has 2 heterocycles. The number of ether oxygens (including phenoxy) is 1. The van der Waals surface area contributed by atoms with Crippen LogP contribution < -0.4 is 10.1 Å². The summed E-state index contributed by atoms with van der Waals surface area (Å²) in [6.45, 7) is -0.0561. The van der Waals surface area contributed by atoms with Gasteiger partial charge in [-0.3, -0.25) is 4.79 Å². The van der Waals surface area contributed by atoms with Crippen molar-refractivity contribution >= 4 is 11.6 Å². The van der Waals surface area contributed by atoms with Crippen molar-refractivity contribution < 1.29 is 22.7 Å². The summed E-state index contributed by atoms with van der Waals surface area (Å²) in [6.07, 6.45) is -3.55. The summed E-state index contributed by atoms with van der Waals surface area (Å²) in [7, 11) is 0. The normalized spacial score (nSPS) is 14.1. The Morgan fingerprint density at radius 3 is 2.90 bits per heavy atom. The summed E-state index contributed by atoms with van der Waals surface area (Å²) in [6, 6.07) is 3.62. The van der Waals surface area contributed by atoms with Crippen molar-refractivity contribution in [3.05, 3.63) is 24.5 Å². The SMILES string of the molecule is O=C1Cn2ncnc2-c2cc(OC(F)(F)F)ccc2N1. The van der Waals surface area contributed by atoms with Gasteiger partial charge in [-0.25, -0.2) is 9.67 Å². The first-order chi connectivity index (χ1) is 9.42. The largest absolute Gasteiger partial charge is 0.573 e. The number of hydrogen-bond donors (Lipinski definition) is 1. The van der Waals surface area contributed by atoms with Gasteiger partial charge in [0.05, 0.1) is 5.69 Å². The first-order valence-electron chi connectivity index (χ1n) is 5.50. The summed E-state index contributed by atoms with van der Waals surface area (Å²) in [5.74, 6) is -0.423. The van der Waals surface area contributed by atoms with Crippen molar-refractivity contribution in [3.63, 3.8) is 0 Å². The van der Waals surface area contributed by atoms with Gasteiger partial charge in [-0.2, -0.15) is 5.10 Å². The molecule has 0 radical (unpaired) electrons. The molecule has 0 aliphatic carbocycles. The van der Waals surface area contributed by atoms with E-state index in [1.807, 2.05) is 0 Å². The fourth-order valence-corrected chi connectivity index (χ4v) is 1.93. The van der Waals surface area contributed by atoms with Crippen LogP contribution in [0, 0.1) is 0 Å². The Kier molecular flexibility index (Phi) is 2.63. The molecule has 0 spiro atoms. The van der Waals surface area contributed by atoms with E-state index in [1.54, 1.807) is 0 Å². The van der Waals surface area contributed by atoms with E-state index >= 15 is 0 Å². The van der Waals surface area contributed by atoms with Crippen molar-refractivity contribution in [2.75, 3.05) is 5.32 Å². The van der Waals surface area contributed by atoms with Crippen LogP contribution in [0.25, 0.3) is 11.4 Å². The number of benzene rings is 1. The lowest BCUT2D eigenvalue weighted by Gasteiger charge is -2.11. The molecule has 1 N–H and O–H groups in total. The predicted molar refractivity (Wildman–Crippen MR) is 60.8 cm³/mol. The number of nitrogens with zero attached hydrogens (tertiary/aromatic N) is 3. The van der Waals surface area contributed by atoms with Gasteiger partial charge in [-0.15, -0.1) is 13.2 Å². The number of rotatable bonds is 1.